The number of hydrogen-bond acceptors (Lipinski definition) is 2. The van der Waals surface area contributed by atoms with Crippen LogP contribution in [0.1, 0.15) is 6.92 Å². The summed E-state index contributed by atoms with van der Waals surface area (Å²) in [6, 6.07) is 0. The predicted molar refractivity (Wildman–Crippen MR) is 37.7 cm³/mol. The molecule has 2 nitrogen and oxygen atoms in total. The van der Waals surface area contributed by atoms with Gasteiger partial charge in [-0.3, -0.25) is 9.98 Å². The molecule has 0 fully saturated rings. The molecule has 0 spiro atoms. The van der Waals surface area contributed by atoms with Gasteiger partial charge in [-0.1, -0.05) is 6.58 Å². The molecule has 0 rings (SSSR count). The first-order valence-electron chi connectivity index (χ1n) is 2.38. The van der Waals surface area contributed by atoms with Gasteiger partial charge in [0.25, 0.3) is 0 Å². The van der Waals surface area contributed by atoms with Crippen LogP contribution in [0.4, 0.5) is 0 Å². The van der Waals surface area contributed by atoms with Crippen molar-refractivity contribution in [2.75, 3.05) is 7.05 Å². The number of aliphatic imine (C=N–C) groups is 2. The molecular formula is C6H10N2. The van der Waals surface area contributed by atoms with Crippen molar-refractivity contribution in [3.63, 3.8) is 0 Å². The molecule has 0 unspecified atom stereocenters. The molecular weight excluding hydrogens is 100 g/mol. The van der Waals surface area contributed by atoms with Crippen molar-refractivity contribution < 1.29 is 0 Å². The van der Waals surface area contributed by atoms with Gasteiger partial charge in [-0.25, -0.2) is 0 Å². The van der Waals surface area contributed by atoms with E-state index in [4.69, 9.17) is 0 Å². The highest BCUT2D eigenvalue weighted by molar-refractivity contribution is 6.29. The predicted octanol–water partition coefficient (Wildman–Crippen LogP) is 1.29. The summed E-state index contributed by atoms with van der Waals surface area (Å²) in [4.78, 5) is 7.60. The van der Waals surface area contributed by atoms with E-state index < -0.39 is 0 Å². The molecule has 0 saturated heterocycles. The van der Waals surface area contributed by atoms with Crippen LogP contribution in [0.2, 0.25) is 0 Å². The molecule has 0 atom stereocenters. The zero-order valence-corrected chi connectivity index (χ0v) is 5.26. The molecule has 0 aliphatic heterocycles. The third-order valence-corrected chi connectivity index (χ3v) is 0.611. The monoisotopic (exact) mass is 110 g/mol. The molecule has 0 radical (unpaired) electrons. The van der Waals surface area contributed by atoms with E-state index in [1.165, 1.54) is 6.20 Å². The van der Waals surface area contributed by atoms with Gasteiger partial charge in [-0.05, 0) is 6.92 Å². The molecule has 0 saturated carbocycles. The van der Waals surface area contributed by atoms with Crippen LogP contribution in [-0.2, 0) is 0 Å². The Balaban J connectivity index is 3.79. The Morgan fingerprint density at radius 2 is 2.25 bits per heavy atom. The van der Waals surface area contributed by atoms with E-state index in [0.717, 1.165) is 5.71 Å². The van der Waals surface area contributed by atoms with Crippen molar-refractivity contribution in [3.8, 4) is 0 Å². The molecule has 0 heterocycles. The van der Waals surface area contributed by atoms with Crippen LogP contribution in [0.25, 0.3) is 0 Å². The van der Waals surface area contributed by atoms with E-state index in [2.05, 4.69) is 16.6 Å². The van der Waals surface area contributed by atoms with Crippen LogP contribution >= 0.6 is 0 Å². The fourth-order valence-electron chi connectivity index (χ4n) is 0.364. The number of rotatable bonds is 2. The lowest BCUT2D eigenvalue weighted by Crippen LogP contribution is -1.89. The van der Waals surface area contributed by atoms with Gasteiger partial charge in [0, 0.05) is 19.5 Å². The van der Waals surface area contributed by atoms with Crippen molar-refractivity contribution >= 4 is 11.9 Å². The summed E-state index contributed by atoms with van der Waals surface area (Å²) in [6.07, 6.45) is 3.18. The first-order valence-corrected chi connectivity index (χ1v) is 2.38. The van der Waals surface area contributed by atoms with Gasteiger partial charge in [-0.2, -0.15) is 0 Å². The Bertz CT molecular complexity index is 122. The second kappa shape index (κ2) is 4.24. The van der Waals surface area contributed by atoms with Crippen molar-refractivity contribution in [2.45, 2.75) is 6.92 Å². The third kappa shape index (κ3) is 3.28. The molecule has 0 aliphatic rings. The zero-order valence-electron chi connectivity index (χ0n) is 5.26. The second-order valence-electron chi connectivity index (χ2n) is 1.34. The van der Waals surface area contributed by atoms with E-state index in [9.17, 15) is 0 Å². The number of hydrogen-bond donors (Lipinski definition) is 0. The maximum Gasteiger partial charge on any atom is 0.0550 e. The molecule has 0 amide bonds. The molecule has 0 aliphatic carbocycles. The summed E-state index contributed by atoms with van der Waals surface area (Å²) in [7, 11) is 1.71. The van der Waals surface area contributed by atoms with Gasteiger partial charge in [0.2, 0.25) is 0 Å². The largest absolute Gasteiger partial charge is 0.295 e. The molecule has 8 heavy (non-hydrogen) atoms. The summed E-state index contributed by atoms with van der Waals surface area (Å²) < 4.78 is 0. The molecule has 0 bridgehead atoms. The van der Waals surface area contributed by atoms with Crippen LogP contribution in [0.5, 0.6) is 0 Å². The van der Waals surface area contributed by atoms with Crippen LogP contribution < -0.4 is 0 Å². The van der Waals surface area contributed by atoms with Crippen molar-refractivity contribution in [2.24, 2.45) is 9.98 Å². The summed E-state index contributed by atoms with van der Waals surface area (Å²) in [5, 5.41) is 0. The Morgan fingerprint density at radius 3 is 2.62 bits per heavy atom. The SMILES string of the molecule is C=CN=C(C)C=NC. The van der Waals surface area contributed by atoms with Crippen molar-refractivity contribution in [3.05, 3.63) is 12.8 Å². The van der Waals surface area contributed by atoms with Gasteiger partial charge in [0.15, 0.2) is 0 Å². The Morgan fingerprint density at radius 1 is 1.62 bits per heavy atom. The number of nitrogens with zero attached hydrogens (tertiary/aromatic N) is 2. The molecule has 0 aromatic rings. The Kier molecular flexibility index (Phi) is 3.76. The lowest BCUT2D eigenvalue weighted by molar-refractivity contribution is 1.47. The minimum Gasteiger partial charge on any atom is -0.295 e. The zero-order chi connectivity index (χ0) is 6.41. The topological polar surface area (TPSA) is 24.7 Å². The lowest BCUT2D eigenvalue weighted by atomic mass is 10.5. The standard InChI is InChI=1S/C6H10N2/c1-4-8-6(2)5-7-3/h4-5H,1H2,2-3H3. The molecule has 0 N–H and O–H groups in total. The smallest absolute Gasteiger partial charge is 0.0550 e. The lowest BCUT2D eigenvalue weighted by Gasteiger charge is -1.81. The first-order chi connectivity index (χ1) is 3.81. The average molecular weight is 110 g/mol. The van der Waals surface area contributed by atoms with E-state index in [1.807, 2.05) is 6.92 Å². The van der Waals surface area contributed by atoms with Crippen LogP contribution in [0, 0.1) is 0 Å². The third-order valence-electron chi connectivity index (χ3n) is 0.611. The van der Waals surface area contributed by atoms with Crippen molar-refractivity contribution in [1.82, 2.24) is 0 Å². The van der Waals surface area contributed by atoms with E-state index in [-0.39, 0.29) is 0 Å². The fourth-order valence-corrected chi connectivity index (χ4v) is 0.364. The van der Waals surface area contributed by atoms with Gasteiger partial charge in [0.1, 0.15) is 0 Å². The van der Waals surface area contributed by atoms with Crippen LogP contribution in [0.15, 0.2) is 22.8 Å². The van der Waals surface area contributed by atoms with E-state index >= 15 is 0 Å². The van der Waals surface area contributed by atoms with Crippen LogP contribution in [0.3, 0.4) is 0 Å². The minimum absolute atomic E-state index is 0.877. The van der Waals surface area contributed by atoms with E-state index in [1.54, 1.807) is 13.3 Å². The van der Waals surface area contributed by atoms with Crippen molar-refractivity contribution in [1.29, 1.82) is 0 Å². The first kappa shape index (κ1) is 7.08. The highest BCUT2D eigenvalue weighted by Crippen LogP contribution is 1.72. The summed E-state index contributed by atoms with van der Waals surface area (Å²) in [6.45, 7) is 5.30. The summed E-state index contributed by atoms with van der Waals surface area (Å²) >= 11 is 0. The fraction of sp³-hybridized carbons (Fsp3) is 0.333. The molecule has 0 aromatic heterocycles. The van der Waals surface area contributed by atoms with Crippen LogP contribution in [-0.4, -0.2) is 19.0 Å². The summed E-state index contributed by atoms with van der Waals surface area (Å²) in [5.74, 6) is 0. The Hall–Kier alpha value is -0.920. The van der Waals surface area contributed by atoms with Gasteiger partial charge >= 0.3 is 0 Å². The van der Waals surface area contributed by atoms with E-state index in [0.29, 0.717) is 0 Å². The Labute approximate surface area is 49.7 Å². The average Bonchev–Trinajstić information content (AvgIpc) is 1.68. The highest BCUT2D eigenvalue weighted by Gasteiger charge is 1.74. The molecule has 44 valence electrons. The normalized spacial score (nSPS) is 12.5. The van der Waals surface area contributed by atoms with Gasteiger partial charge in [-0.15, -0.1) is 0 Å². The highest BCUT2D eigenvalue weighted by atomic mass is 14.7. The maximum atomic E-state index is 3.85. The summed E-state index contributed by atoms with van der Waals surface area (Å²) in [5.41, 5.74) is 0.877. The molecule has 2 heteroatoms. The minimum atomic E-state index is 0.877. The quantitative estimate of drug-likeness (QED) is 0.478. The second-order valence-corrected chi connectivity index (χ2v) is 1.34. The molecule has 0 aromatic carbocycles. The van der Waals surface area contributed by atoms with Gasteiger partial charge < -0.3 is 0 Å². The van der Waals surface area contributed by atoms with Gasteiger partial charge in [0.05, 0.1) is 5.71 Å². The maximum absolute atomic E-state index is 3.85.